The second-order valence-electron chi connectivity index (χ2n) is 28.6. The van der Waals surface area contributed by atoms with Crippen LogP contribution in [0, 0.1) is 11.8 Å². The summed E-state index contributed by atoms with van der Waals surface area (Å²) in [5, 5.41) is 0. The third-order valence-electron chi connectivity index (χ3n) is 22.3. The summed E-state index contributed by atoms with van der Waals surface area (Å²) in [4.78, 5) is 37.8. The van der Waals surface area contributed by atoms with E-state index in [-0.39, 0.29) is 0 Å². The molecule has 8 aromatic carbocycles. The van der Waals surface area contributed by atoms with Gasteiger partial charge in [0.2, 0.25) is 0 Å². The van der Waals surface area contributed by atoms with E-state index in [1.807, 2.05) is 206 Å². The van der Waals surface area contributed by atoms with Crippen molar-refractivity contribution in [3.05, 3.63) is 263 Å². The van der Waals surface area contributed by atoms with Gasteiger partial charge in [0, 0.05) is 99.8 Å². The van der Waals surface area contributed by atoms with Gasteiger partial charge in [-0.2, -0.15) is 0 Å². The fourth-order valence-electron chi connectivity index (χ4n) is 16.8. The van der Waals surface area contributed by atoms with Gasteiger partial charge in [0.25, 0.3) is 0 Å². The highest BCUT2D eigenvalue weighted by Crippen LogP contribution is 2.52. The van der Waals surface area contributed by atoms with Crippen LogP contribution in [0.2, 0.25) is 0 Å². The first-order chi connectivity index (χ1) is 59.9. The molecule has 20 nitrogen and oxygen atoms in total. The van der Waals surface area contributed by atoms with Gasteiger partial charge in [-0.05, 0) is 205 Å². The third kappa shape index (κ3) is 13.6. The minimum atomic E-state index is 0.581. The van der Waals surface area contributed by atoms with Crippen molar-refractivity contribution in [1.82, 2.24) is 39.9 Å². The Morgan fingerprint density at radius 2 is 0.320 bits per heavy atom. The molecule has 0 spiro atoms. The molecule has 0 fully saturated rings. The largest absolute Gasteiger partial charge is 0.496 e. The van der Waals surface area contributed by atoms with Gasteiger partial charge in [0.05, 0.1) is 164 Å². The minimum absolute atomic E-state index is 0.581. The predicted molar refractivity (Wildman–Crippen MR) is 486 cm³/mol. The molecule has 602 valence electrons. The fourth-order valence-corrected chi connectivity index (χ4v) is 16.8. The molecular formula is C102H82N8O12. The molecule has 14 aromatic rings. The monoisotopic (exact) mass is 1610 g/mol. The van der Waals surface area contributed by atoms with Gasteiger partial charge in [-0.3, -0.25) is 0 Å². The van der Waals surface area contributed by atoms with Crippen LogP contribution in [0.15, 0.2) is 206 Å². The molecule has 4 aliphatic heterocycles. The number of benzene rings is 8. The Bertz CT molecular complexity index is 6470. The van der Waals surface area contributed by atoms with Gasteiger partial charge in [-0.15, -0.1) is 0 Å². The number of rotatable bonds is 20. The average Bonchev–Trinajstić information content (AvgIpc) is 1.54. The van der Waals surface area contributed by atoms with Crippen molar-refractivity contribution in [3.8, 4) is 170 Å². The molecular weight excluding hydrogens is 1530 g/mol. The van der Waals surface area contributed by atoms with Crippen LogP contribution in [0.25, 0.3) is 182 Å². The van der Waals surface area contributed by atoms with Crippen molar-refractivity contribution in [1.29, 1.82) is 0 Å². The van der Waals surface area contributed by atoms with E-state index >= 15 is 0 Å². The normalized spacial score (nSPS) is 11.7. The summed E-state index contributed by atoms with van der Waals surface area (Å²) in [5.74, 6) is 14.0. The van der Waals surface area contributed by atoms with Crippen molar-refractivity contribution in [3.63, 3.8) is 0 Å². The molecule has 0 atom stereocenters. The van der Waals surface area contributed by atoms with Gasteiger partial charge in [-0.1, -0.05) is 72.5 Å². The van der Waals surface area contributed by atoms with Crippen molar-refractivity contribution >= 4 is 92.7 Å². The smallest absolute Gasteiger partial charge is 0.130 e. The van der Waals surface area contributed by atoms with E-state index in [9.17, 15) is 0 Å². The highest BCUT2D eigenvalue weighted by atomic mass is 16.5. The van der Waals surface area contributed by atoms with E-state index in [1.54, 1.807) is 85.3 Å². The van der Waals surface area contributed by atoms with Gasteiger partial charge >= 0.3 is 0 Å². The van der Waals surface area contributed by atoms with E-state index in [2.05, 4.69) is 80.3 Å². The molecule has 18 rings (SSSR count). The maximum Gasteiger partial charge on any atom is 0.130 e. The summed E-state index contributed by atoms with van der Waals surface area (Å²) in [5.41, 5.74) is 24.4. The Labute approximate surface area is 703 Å². The first kappa shape index (κ1) is 77.4. The van der Waals surface area contributed by atoms with Crippen LogP contribution in [-0.2, 0) is 0 Å². The van der Waals surface area contributed by atoms with Crippen LogP contribution in [0.3, 0.4) is 0 Å². The van der Waals surface area contributed by atoms with Crippen molar-refractivity contribution in [2.45, 2.75) is 0 Å². The molecule has 10 heterocycles. The number of methoxy groups -OCH3 is 12. The minimum Gasteiger partial charge on any atom is -0.496 e. The quantitative estimate of drug-likeness (QED) is 0.0521. The molecule has 0 radical (unpaired) electrons. The first-order valence-electron chi connectivity index (χ1n) is 39.3. The molecule has 0 amide bonds. The summed E-state index contributed by atoms with van der Waals surface area (Å²) < 4.78 is 74.1. The zero-order chi connectivity index (χ0) is 83.8. The van der Waals surface area contributed by atoms with Gasteiger partial charge in [0.1, 0.15) is 69.0 Å². The molecule has 16 bridgehead atoms. The van der Waals surface area contributed by atoms with Crippen LogP contribution < -0.4 is 56.8 Å². The number of aromatic nitrogens is 8. The summed E-state index contributed by atoms with van der Waals surface area (Å²) >= 11 is 0. The van der Waals surface area contributed by atoms with Crippen molar-refractivity contribution < 1.29 is 56.8 Å². The lowest BCUT2D eigenvalue weighted by Gasteiger charge is -2.15. The summed E-state index contributed by atoms with van der Waals surface area (Å²) in [7, 11) is 19.8. The SMILES string of the molecule is COc1cccc(OC)c1-c1c2nc(c(-c3c(OC)cccc3OC)c3ccc([nH]3)c(-c3c(OC)cccc3OC)c3nc(c(-c4ccc(C#Cc5ccc(-c6c7nc(c(-c8c(OC)cccc8OC)c8ccc([nH]8)c(-c8c(OC)cccc8OC)c8nc(c(-c9c(OC)cccc9OC)c9ccc6[nH]9)C=C8)C=C7)cc5)cc4)c4ccc1[nH]4)C=C3)C=C2. The lowest BCUT2D eigenvalue weighted by Crippen LogP contribution is -1.97. The maximum atomic E-state index is 6.19. The maximum absolute atomic E-state index is 6.19. The van der Waals surface area contributed by atoms with Crippen molar-refractivity contribution in [2.24, 2.45) is 0 Å². The number of nitrogens with zero attached hydrogens (tertiary/aromatic N) is 4. The molecule has 122 heavy (non-hydrogen) atoms. The Morgan fingerprint density at radius 1 is 0.172 bits per heavy atom. The van der Waals surface area contributed by atoms with E-state index in [1.165, 1.54) is 0 Å². The lowest BCUT2D eigenvalue weighted by molar-refractivity contribution is 0.397. The molecule has 0 saturated heterocycles. The third-order valence-corrected chi connectivity index (χ3v) is 22.3. The zero-order valence-electron chi connectivity index (χ0n) is 68.9. The molecule has 4 N–H and O–H groups in total. The van der Waals surface area contributed by atoms with E-state index in [0.29, 0.717) is 170 Å². The molecule has 20 heteroatoms. The highest BCUT2D eigenvalue weighted by Gasteiger charge is 2.30. The van der Waals surface area contributed by atoms with E-state index in [4.69, 9.17) is 76.8 Å². The van der Waals surface area contributed by atoms with Gasteiger partial charge in [0.15, 0.2) is 0 Å². The van der Waals surface area contributed by atoms with Crippen LogP contribution in [0.4, 0.5) is 0 Å². The van der Waals surface area contributed by atoms with Crippen LogP contribution >= 0.6 is 0 Å². The van der Waals surface area contributed by atoms with E-state index in [0.717, 1.165) is 88.7 Å². The van der Waals surface area contributed by atoms with Gasteiger partial charge < -0.3 is 76.8 Å². The second kappa shape index (κ2) is 32.9. The topological polar surface area (TPSA) is 225 Å². The molecule has 6 aromatic heterocycles. The Balaban J connectivity index is 0.815. The Morgan fingerprint density at radius 3 is 0.475 bits per heavy atom. The highest BCUT2D eigenvalue weighted by molar-refractivity contribution is 6.07. The zero-order valence-corrected chi connectivity index (χ0v) is 68.9. The Hall–Kier alpha value is -15.9. The number of nitrogens with one attached hydrogen (secondary N) is 4. The van der Waals surface area contributed by atoms with Crippen LogP contribution in [0.5, 0.6) is 69.0 Å². The lowest BCUT2D eigenvalue weighted by atomic mass is 10.0. The fraction of sp³-hybridized carbons (Fsp3) is 0.118. The number of fused-ring (bicyclic) bond motifs is 16. The molecule has 0 aliphatic carbocycles. The standard InChI is InChI=1S/C102H82N8O12/c1-111-77-19-13-20-78(112-2)97(77)91-65-45-41-61(103-65)89(62-42-46-66(104-62)92(98-79(113-3)21-14-22-80(98)114-4)70-50-54-74(108-70)95(73-53-49-69(91)107-73)101-85(119-9)27-17-28-86(101)120-10)59-37-33-57(34-38-59)31-32-58-35-39-60(40-36-58)90-63-43-47-67(105-63)93(99-81(115-5)23-15-24-82(99)116-6)71-51-55-75(109-71)96(102-87(121-11)29-18-30-88(102)122-12)76-56-52-72(110-76)94(68-48-44-64(90)106-68)100-83(117-7)25-16-26-84(100)118-8/h13-30,33-56,103,105,108,110H,1-12H3. The number of hydrogen-bond acceptors (Lipinski definition) is 16. The van der Waals surface area contributed by atoms with Crippen LogP contribution in [0.1, 0.15) is 56.7 Å². The van der Waals surface area contributed by atoms with Gasteiger partial charge in [-0.25, -0.2) is 19.9 Å². The average molecular weight is 1610 g/mol. The number of hydrogen-bond donors (Lipinski definition) is 4. The summed E-state index contributed by atoms with van der Waals surface area (Å²) in [6.45, 7) is 0. The Kier molecular flexibility index (Phi) is 20.9. The molecule has 0 unspecified atom stereocenters. The second-order valence-corrected chi connectivity index (χ2v) is 28.6. The predicted octanol–water partition coefficient (Wildman–Crippen LogP) is 22.5. The summed E-state index contributed by atoms with van der Waals surface area (Å²) in [6.07, 6.45) is 16.2. The summed E-state index contributed by atoms with van der Waals surface area (Å²) in [6, 6.07) is 67.3. The van der Waals surface area contributed by atoms with Crippen molar-refractivity contribution in [2.75, 3.05) is 85.3 Å². The molecule has 4 aliphatic rings. The number of H-pyrrole nitrogens is 4. The molecule has 0 saturated carbocycles. The number of ether oxygens (including phenoxy) is 12. The van der Waals surface area contributed by atoms with Crippen LogP contribution in [-0.4, -0.2) is 125 Å². The number of aromatic amines is 4. The first-order valence-corrected chi connectivity index (χ1v) is 39.3. The van der Waals surface area contributed by atoms with E-state index < -0.39 is 0 Å².